The number of benzene rings is 1. The predicted octanol–water partition coefficient (Wildman–Crippen LogP) is 3.27. The largest absolute Gasteiger partial charge is 0.490 e. The van der Waals surface area contributed by atoms with Crippen LogP contribution in [0.4, 0.5) is 0 Å². The maximum Gasteiger partial charge on any atom is 0.336 e. The van der Waals surface area contributed by atoms with Crippen molar-refractivity contribution in [3.05, 3.63) is 40.4 Å². The van der Waals surface area contributed by atoms with Crippen LogP contribution < -0.4 is 10.4 Å². The number of furan rings is 1. The Morgan fingerprint density at radius 1 is 1.18 bits per heavy atom. The van der Waals surface area contributed by atoms with E-state index >= 15 is 0 Å². The number of methoxy groups -OCH3 is 1. The zero-order valence-electron chi connectivity index (χ0n) is 12.6. The summed E-state index contributed by atoms with van der Waals surface area (Å²) in [6.07, 6.45) is 2.50. The Labute approximate surface area is 126 Å². The van der Waals surface area contributed by atoms with Gasteiger partial charge in [-0.05, 0) is 31.5 Å². The van der Waals surface area contributed by atoms with E-state index in [1.807, 2.05) is 6.07 Å². The van der Waals surface area contributed by atoms with Crippen molar-refractivity contribution in [1.82, 2.24) is 0 Å². The molecule has 1 atom stereocenters. The van der Waals surface area contributed by atoms with Gasteiger partial charge >= 0.3 is 5.63 Å². The summed E-state index contributed by atoms with van der Waals surface area (Å²) in [6, 6.07) is 5.12. The van der Waals surface area contributed by atoms with Gasteiger partial charge in [0.25, 0.3) is 0 Å². The van der Waals surface area contributed by atoms with Gasteiger partial charge < -0.3 is 18.3 Å². The molecule has 0 saturated carbocycles. The second kappa shape index (κ2) is 4.36. The van der Waals surface area contributed by atoms with E-state index in [-0.39, 0.29) is 11.7 Å². The fraction of sp³-hybridized carbons (Fsp3) is 0.353. The molecule has 1 aliphatic rings. The average molecular weight is 300 g/mol. The first-order valence-corrected chi connectivity index (χ1v) is 7.19. The predicted molar refractivity (Wildman–Crippen MR) is 81.5 cm³/mol. The Bertz CT molecular complexity index is 931. The minimum absolute atomic E-state index is 0.113. The smallest absolute Gasteiger partial charge is 0.336 e. The second-order valence-electron chi connectivity index (χ2n) is 6.09. The van der Waals surface area contributed by atoms with E-state index < -0.39 is 5.63 Å². The van der Waals surface area contributed by atoms with Crippen LogP contribution in [0, 0.1) is 0 Å². The van der Waals surface area contributed by atoms with Gasteiger partial charge in [-0.1, -0.05) is 0 Å². The number of epoxide rings is 1. The first-order chi connectivity index (χ1) is 10.5. The third-order valence-corrected chi connectivity index (χ3v) is 4.32. The van der Waals surface area contributed by atoms with Crippen molar-refractivity contribution >= 4 is 21.9 Å². The van der Waals surface area contributed by atoms with Crippen molar-refractivity contribution in [2.75, 3.05) is 7.11 Å². The van der Waals surface area contributed by atoms with Crippen LogP contribution in [0.2, 0.25) is 0 Å². The molecular weight excluding hydrogens is 284 g/mol. The Hall–Kier alpha value is -2.27. The van der Waals surface area contributed by atoms with Gasteiger partial charge in [-0.25, -0.2) is 4.79 Å². The molecule has 22 heavy (non-hydrogen) atoms. The Morgan fingerprint density at radius 3 is 2.59 bits per heavy atom. The summed E-state index contributed by atoms with van der Waals surface area (Å²) in [5, 5.41) is 1.82. The first-order valence-electron chi connectivity index (χ1n) is 7.19. The van der Waals surface area contributed by atoms with Crippen LogP contribution in [-0.2, 0) is 11.2 Å². The maximum absolute atomic E-state index is 11.6. The molecule has 1 saturated heterocycles. The van der Waals surface area contributed by atoms with Crippen molar-refractivity contribution in [1.29, 1.82) is 0 Å². The fourth-order valence-corrected chi connectivity index (χ4v) is 3.00. The van der Waals surface area contributed by atoms with Crippen LogP contribution in [0.25, 0.3) is 21.9 Å². The molecule has 1 aromatic carbocycles. The van der Waals surface area contributed by atoms with Gasteiger partial charge in [0.05, 0.1) is 25.1 Å². The third kappa shape index (κ3) is 1.85. The van der Waals surface area contributed by atoms with Gasteiger partial charge in [0.2, 0.25) is 5.75 Å². The topological polar surface area (TPSA) is 65.1 Å². The maximum atomic E-state index is 11.6. The molecule has 3 heterocycles. The quantitative estimate of drug-likeness (QED) is 0.548. The van der Waals surface area contributed by atoms with Gasteiger partial charge in [-0.15, -0.1) is 0 Å². The minimum atomic E-state index is -0.411. The first kappa shape index (κ1) is 13.4. The van der Waals surface area contributed by atoms with Crippen molar-refractivity contribution < 1.29 is 18.3 Å². The molecule has 0 aliphatic carbocycles. The van der Waals surface area contributed by atoms with Crippen LogP contribution in [0.3, 0.4) is 0 Å². The lowest BCUT2D eigenvalue weighted by Gasteiger charge is -2.10. The number of rotatable bonds is 3. The van der Waals surface area contributed by atoms with Gasteiger partial charge in [0.15, 0.2) is 11.2 Å². The summed E-state index contributed by atoms with van der Waals surface area (Å²) >= 11 is 0. The molecule has 1 aliphatic heterocycles. The monoisotopic (exact) mass is 300 g/mol. The minimum Gasteiger partial charge on any atom is -0.490 e. The van der Waals surface area contributed by atoms with E-state index in [0.717, 1.165) is 22.8 Å². The fourth-order valence-electron chi connectivity index (χ4n) is 3.00. The summed E-state index contributed by atoms with van der Waals surface area (Å²) in [6.45, 7) is 4.13. The summed E-state index contributed by atoms with van der Waals surface area (Å²) < 4.78 is 22.1. The van der Waals surface area contributed by atoms with Crippen LogP contribution in [-0.4, -0.2) is 18.8 Å². The summed E-state index contributed by atoms with van der Waals surface area (Å²) in [4.78, 5) is 11.6. The molecule has 3 aromatic rings. The summed E-state index contributed by atoms with van der Waals surface area (Å²) in [5.41, 5.74) is 1.55. The zero-order chi connectivity index (χ0) is 15.5. The molecule has 5 heteroatoms. The highest BCUT2D eigenvalue weighted by Gasteiger charge is 2.47. The van der Waals surface area contributed by atoms with Crippen molar-refractivity contribution in [3.63, 3.8) is 0 Å². The molecule has 2 aromatic heterocycles. The molecule has 0 radical (unpaired) electrons. The standard InChI is InChI=1S/C17H16O5/c1-17(2)12(22-17)8-11-9-4-5-13(18)21-15(9)16(19-3)14-10(11)6-7-20-14/h4-7,12H,8H2,1-3H3/t12-/m0/s1. The summed E-state index contributed by atoms with van der Waals surface area (Å²) in [7, 11) is 1.54. The highest BCUT2D eigenvalue weighted by atomic mass is 16.6. The molecule has 0 unspecified atom stereocenters. The SMILES string of the molecule is COc1c2occc2c(C[C@@H]2OC2(C)C)c2ccc(=O)oc12. The van der Waals surface area contributed by atoms with Gasteiger partial charge in [0.1, 0.15) is 0 Å². The van der Waals surface area contributed by atoms with Crippen molar-refractivity contribution in [3.8, 4) is 5.75 Å². The highest BCUT2D eigenvalue weighted by molar-refractivity contribution is 6.03. The summed E-state index contributed by atoms with van der Waals surface area (Å²) in [5.74, 6) is 0.451. The molecule has 1 fully saturated rings. The van der Waals surface area contributed by atoms with Crippen LogP contribution in [0.5, 0.6) is 5.75 Å². The van der Waals surface area contributed by atoms with E-state index in [4.69, 9.17) is 18.3 Å². The van der Waals surface area contributed by atoms with E-state index in [2.05, 4.69) is 13.8 Å². The lowest BCUT2D eigenvalue weighted by Crippen LogP contribution is -2.07. The molecule has 0 N–H and O–H groups in total. The molecular formula is C17H16O5. The number of fused-ring (bicyclic) bond motifs is 2. The zero-order valence-corrected chi connectivity index (χ0v) is 12.6. The number of ether oxygens (including phenoxy) is 2. The molecule has 5 nitrogen and oxygen atoms in total. The van der Waals surface area contributed by atoms with E-state index in [1.165, 1.54) is 13.2 Å². The van der Waals surface area contributed by atoms with Gasteiger partial charge in [-0.2, -0.15) is 0 Å². The normalized spacial score (nSPS) is 19.7. The van der Waals surface area contributed by atoms with Gasteiger partial charge in [-0.3, -0.25) is 0 Å². The van der Waals surface area contributed by atoms with E-state index in [9.17, 15) is 4.79 Å². The third-order valence-electron chi connectivity index (χ3n) is 4.32. The highest BCUT2D eigenvalue weighted by Crippen LogP contribution is 2.43. The van der Waals surface area contributed by atoms with Crippen LogP contribution >= 0.6 is 0 Å². The Morgan fingerprint density at radius 2 is 1.91 bits per heavy atom. The Kier molecular flexibility index (Phi) is 2.66. The Balaban J connectivity index is 2.04. The van der Waals surface area contributed by atoms with E-state index in [0.29, 0.717) is 16.9 Å². The number of hydrogen-bond donors (Lipinski definition) is 0. The molecule has 114 valence electrons. The molecule has 0 spiro atoms. The average Bonchev–Trinajstić information content (AvgIpc) is 2.87. The van der Waals surface area contributed by atoms with E-state index in [1.54, 1.807) is 12.3 Å². The molecule has 4 rings (SSSR count). The van der Waals surface area contributed by atoms with Crippen molar-refractivity contribution in [2.45, 2.75) is 32.0 Å². The van der Waals surface area contributed by atoms with Crippen LogP contribution in [0.1, 0.15) is 19.4 Å². The van der Waals surface area contributed by atoms with Gasteiger partial charge in [0, 0.05) is 23.3 Å². The lowest BCUT2D eigenvalue weighted by atomic mass is 9.96. The lowest BCUT2D eigenvalue weighted by molar-refractivity contribution is 0.323. The second-order valence-corrected chi connectivity index (χ2v) is 6.09. The van der Waals surface area contributed by atoms with Crippen molar-refractivity contribution in [2.24, 2.45) is 0 Å². The van der Waals surface area contributed by atoms with Crippen LogP contribution in [0.15, 0.2) is 38.1 Å². The molecule has 0 bridgehead atoms. The number of hydrogen-bond acceptors (Lipinski definition) is 5. The molecule has 0 amide bonds.